The van der Waals surface area contributed by atoms with Crippen molar-refractivity contribution in [2.45, 2.75) is 38.0 Å². The summed E-state index contributed by atoms with van der Waals surface area (Å²) in [6.45, 7) is 2.81. The Morgan fingerprint density at radius 1 is 1.09 bits per heavy atom. The number of aromatic nitrogens is 4. The smallest absolute Gasteiger partial charge is 0.251 e. The van der Waals surface area contributed by atoms with Crippen molar-refractivity contribution in [3.63, 3.8) is 0 Å². The van der Waals surface area contributed by atoms with E-state index in [1.54, 1.807) is 25.6 Å². The SMILES string of the molecule is CNC(=O)c1ccnc2c([C@H](C)CNc3cc(-c4ccc(C5CCC5)nc4)ncn3)cccc12. The summed E-state index contributed by atoms with van der Waals surface area (Å²) in [5.41, 5.74) is 5.58. The predicted octanol–water partition coefficient (Wildman–Crippen LogP) is 4.93. The number of hydrogen-bond acceptors (Lipinski definition) is 6. The third kappa shape index (κ3) is 4.33. The van der Waals surface area contributed by atoms with E-state index in [-0.39, 0.29) is 11.8 Å². The van der Waals surface area contributed by atoms with Gasteiger partial charge in [-0.3, -0.25) is 14.8 Å². The van der Waals surface area contributed by atoms with Gasteiger partial charge in [-0.15, -0.1) is 0 Å². The van der Waals surface area contributed by atoms with Crippen LogP contribution in [0.15, 0.2) is 61.2 Å². The number of rotatable bonds is 7. The average molecular weight is 453 g/mol. The second-order valence-corrected chi connectivity index (χ2v) is 8.85. The van der Waals surface area contributed by atoms with Gasteiger partial charge in [-0.05, 0) is 36.6 Å². The van der Waals surface area contributed by atoms with E-state index in [0.29, 0.717) is 18.0 Å². The lowest BCUT2D eigenvalue weighted by molar-refractivity contribution is 0.0964. The number of carbonyl (C=O) groups is 1. The molecule has 172 valence electrons. The molecule has 34 heavy (non-hydrogen) atoms. The van der Waals surface area contributed by atoms with Crippen LogP contribution in [0.5, 0.6) is 0 Å². The van der Waals surface area contributed by atoms with Gasteiger partial charge in [-0.2, -0.15) is 0 Å². The van der Waals surface area contributed by atoms with Crippen LogP contribution in [0.2, 0.25) is 0 Å². The molecule has 1 saturated carbocycles. The van der Waals surface area contributed by atoms with Gasteiger partial charge in [0.1, 0.15) is 12.1 Å². The number of pyridine rings is 2. The molecule has 0 bridgehead atoms. The van der Waals surface area contributed by atoms with E-state index in [2.05, 4.69) is 55.7 Å². The third-order valence-electron chi connectivity index (χ3n) is 6.67. The highest BCUT2D eigenvalue weighted by Crippen LogP contribution is 2.35. The van der Waals surface area contributed by atoms with E-state index in [1.807, 2.05) is 24.4 Å². The van der Waals surface area contributed by atoms with E-state index in [1.165, 1.54) is 25.0 Å². The van der Waals surface area contributed by atoms with Crippen LogP contribution in [0.1, 0.15) is 59.6 Å². The Balaban J connectivity index is 1.32. The van der Waals surface area contributed by atoms with Gasteiger partial charge in [-0.25, -0.2) is 9.97 Å². The van der Waals surface area contributed by atoms with Gasteiger partial charge in [0.05, 0.1) is 16.8 Å². The largest absolute Gasteiger partial charge is 0.369 e. The maximum atomic E-state index is 12.3. The van der Waals surface area contributed by atoms with Crippen LogP contribution in [-0.2, 0) is 0 Å². The van der Waals surface area contributed by atoms with Gasteiger partial charge in [0, 0.05) is 60.5 Å². The van der Waals surface area contributed by atoms with E-state index in [4.69, 9.17) is 0 Å². The maximum Gasteiger partial charge on any atom is 0.251 e. The highest BCUT2D eigenvalue weighted by atomic mass is 16.1. The normalized spacial score (nSPS) is 14.4. The zero-order chi connectivity index (χ0) is 23.5. The maximum absolute atomic E-state index is 12.3. The van der Waals surface area contributed by atoms with Gasteiger partial charge in [-0.1, -0.05) is 31.5 Å². The van der Waals surface area contributed by atoms with Crippen molar-refractivity contribution >= 4 is 22.6 Å². The minimum absolute atomic E-state index is 0.112. The lowest BCUT2D eigenvalue weighted by Crippen LogP contribution is -2.18. The van der Waals surface area contributed by atoms with Crippen molar-refractivity contribution in [1.29, 1.82) is 0 Å². The number of anilines is 1. The molecule has 1 atom stereocenters. The molecule has 0 unspecified atom stereocenters. The molecular formula is C27H28N6O. The Morgan fingerprint density at radius 3 is 2.71 bits per heavy atom. The van der Waals surface area contributed by atoms with E-state index in [0.717, 1.165) is 33.5 Å². The molecule has 7 nitrogen and oxygen atoms in total. The summed E-state index contributed by atoms with van der Waals surface area (Å²) < 4.78 is 0. The molecular weight excluding hydrogens is 424 g/mol. The molecule has 0 saturated heterocycles. The Morgan fingerprint density at radius 2 is 1.97 bits per heavy atom. The number of para-hydroxylation sites is 1. The van der Waals surface area contributed by atoms with Gasteiger partial charge < -0.3 is 10.6 Å². The number of fused-ring (bicyclic) bond motifs is 1. The zero-order valence-corrected chi connectivity index (χ0v) is 19.5. The summed E-state index contributed by atoms with van der Waals surface area (Å²) in [5, 5.41) is 6.99. The van der Waals surface area contributed by atoms with Crippen LogP contribution in [0.3, 0.4) is 0 Å². The van der Waals surface area contributed by atoms with Crippen LogP contribution in [0, 0.1) is 0 Å². The summed E-state index contributed by atoms with van der Waals surface area (Å²) >= 11 is 0. The van der Waals surface area contributed by atoms with E-state index < -0.39 is 0 Å². The molecule has 0 radical (unpaired) electrons. The third-order valence-corrected chi connectivity index (χ3v) is 6.67. The van der Waals surface area contributed by atoms with Crippen molar-refractivity contribution < 1.29 is 4.79 Å². The second-order valence-electron chi connectivity index (χ2n) is 8.85. The van der Waals surface area contributed by atoms with E-state index in [9.17, 15) is 4.79 Å². The van der Waals surface area contributed by atoms with Crippen molar-refractivity contribution in [3.05, 3.63) is 78.0 Å². The van der Waals surface area contributed by atoms with Crippen molar-refractivity contribution in [2.75, 3.05) is 18.9 Å². The van der Waals surface area contributed by atoms with Gasteiger partial charge in [0.2, 0.25) is 0 Å². The molecule has 7 heteroatoms. The monoisotopic (exact) mass is 452 g/mol. The van der Waals surface area contributed by atoms with Crippen LogP contribution >= 0.6 is 0 Å². The first-order valence-corrected chi connectivity index (χ1v) is 11.8. The average Bonchev–Trinajstić information content (AvgIpc) is 2.85. The van der Waals surface area contributed by atoms with Gasteiger partial charge >= 0.3 is 0 Å². The quantitative estimate of drug-likeness (QED) is 0.413. The summed E-state index contributed by atoms with van der Waals surface area (Å²) in [5.74, 6) is 1.42. The molecule has 3 heterocycles. The number of hydrogen-bond donors (Lipinski definition) is 2. The number of amides is 1. The summed E-state index contributed by atoms with van der Waals surface area (Å²) in [6, 6.07) is 13.9. The fourth-order valence-electron chi connectivity index (χ4n) is 4.41. The first-order valence-electron chi connectivity index (χ1n) is 11.8. The Labute approximate surface area is 199 Å². The Hall–Kier alpha value is -3.87. The lowest BCUT2D eigenvalue weighted by atomic mass is 9.82. The molecule has 1 aliphatic rings. The Kier molecular flexibility index (Phi) is 6.16. The van der Waals surface area contributed by atoms with Crippen LogP contribution in [0.4, 0.5) is 5.82 Å². The lowest BCUT2D eigenvalue weighted by Gasteiger charge is -2.24. The van der Waals surface area contributed by atoms with E-state index >= 15 is 0 Å². The molecule has 5 rings (SSSR count). The summed E-state index contributed by atoms with van der Waals surface area (Å²) in [7, 11) is 1.64. The molecule has 1 amide bonds. The number of nitrogens with one attached hydrogen (secondary N) is 2. The molecule has 1 fully saturated rings. The fraction of sp³-hybridized carbons (Fsp3) is 0.296. The highest BCUT2D eigenvalue weighted by Gasteiger charge is 2.20. The minimum Gasteiger partial charge on any atom is -0.369 e. The number of benzene rings is 1. The summed E-state index contributed by atoms with van der Waals surface area (Å²) in [4.78, 5) is 30.3. The van der Waals surface area contributed by atoms with Crippen molar-refractivity contribution in [3.8, 4) is 11.3 Å². The molecule has 1 aliphatic carbocycles. The highest BCUT2D eigenvalue weighted by molar-refractivity contribution is 6.06. The second kappa shape index (κ2) is 9.55. The van der Waals surface area contributed by atoms with Crippen LogP contribution in [-0.4, -0.2) is 39.4 Å². The standard InChI is InChI=1S/C27H28N6O/c1-17(20-7-4-8-21-22(27(34)28-2)11-12-29-26(20)21)14-31-25-13-24(32-16-33-25)19-9-10-23(30-15-19)18-5-3-6-18/h4,7-13,15-18H,3,5-6,14H2,1-2H3,(H,28,34)(H,31,32,33)/t17-/m1/s1. The summed E-state index contributed by atoms with van der Waals surface area (Å²) in [6.07, 6.45) is 8.97. The van der Waals surface area contributed by atoms with Crippen LogP contribution in [0.25, 0.3) is 22.2 Å². The van der Waals surface area contributed by atoms with Gasteiger partial charge in [0.15, 0.2) is 0 Å². The molecule has 4 aromatic rings. The first-order chi connectivity index (χ1) is 16.6. The molecule has 2 N–H and O–H groups in total. The number of nitrogens with zero attached hydrogens (tertiary/aromatic N) is 4. The molecule has 3 aromatic heterocycles. The predicted molar refractivity (Wildman–Crippen MR) is 134 cm³/mol. The molecule has 0 aliphatic heterocycles. The Bertz CT molecular complexity index is 1320. The first kappa shape index (κ1) is 21.9. The topological polar surface area (TPSA) is 92.7 Å². The zero-order valence-electron chi connectivity index (χ0n) is 19.5. The van der Waals surface area contributed by atoms with Gasteiger partial charge in [0.25, 0.3) is 5.91 Å². The molecule has 1 aromatic carbocycles. The number of carbonyl (C=O) groups excluding carboxylic acids is 1. The van der Waals surface area contributed by atoms with Crippen molar-refractivity contribution in [2.24, 2.45) is 0 Å². The fourth-order valence-corrected chi connectivity index (χ4v) is 4.41. The van der Waals surface area contributed by atoms with Crippen molar-refractivity contribution in [1.82, 2.24) is 25.3 Å². The molecule has 0 spiro atoms. The minimum atomic E-state index is -0.112. The van der Waals surface area contributed by atoms with Crippen LogP contribution < -0.4 is 10.6 Å².